The minimum absolute atomic E-state index is 0. The van der Waals surface area contributed by atoms with E-state index in [-0.39, 0.29) is 42.1 Å². The first kappa shape index (κ1) is 21.4. The molecule has 0 aliphatic carbocycles. The second kappa shape index (κ2) is 9.15. The summed E-state index contributed by atoms with van der Waals surface area (Å²) < 4.78 is 1.45. The SMILES string of the molecule is CC(C)(C)[C@H](N)C(=O)Nc1ncn(CC(=O)N2CCCCCC2)n1.Cl. The molecule has 2 rings (SSSR count). The number of aromatic nitrogens is 3. The number of likely N-dealkylation sites (tertiary alicyclic amines) is 1. The fourth-order valence-corrected chi connectivity index (χ4v) is 2.57. The van der Waals surface area contributed by atoms with E-state index in [0.717, 1.165) is 25.9 Å². The molecule has 142 valence electrons. The van der Waals surface area contributed by atoms with E-state index in [1.165, 1.54) is 23.9 Å². The molecule has 1 aliphatic rings. The van der Waals surface area contributed by atoms with E-state index in [1.54, 1.807) is 0 Å². The minimum atomic E-state index is -0.664. The molecular weight excluding hydrogens is 344 g/mol. The Labute approximate surface area is 154 Å². The Kier molecular flexibility index (Phi) is 7.82. The van der Waals surface area contributed by atoms with Crippen molar-refractivity contribution in [2.75, 3.05) is 18.4 Å². The molecular formula is C16H29ClN6O2. The van der Waals surface area contributed by atoms with Crippen LogP contribution in [0.25, 0.3) is 0 Å². The molecule has 8 nitrogen and oxygen atoms in total. The van der Waals surface area contributed by atoms with Crippen LogP contribution in [0.3, 0.4) is 0 Å². The lowest BCUT2D eigenvalue weighted by Gasteiger charge is -2.25. The van der Waals surface area contributed by atoms with Gasteiger partial charge in [0.25, 0.3) is 0 Å². The molecule has 0 bridgehead atoms. The van der Waals surface area contributed by atoms with Gasteiger partial charge in [-0.25, -0.2) is 9.67 Å². The highest BCUT2D eigenvalue weighted by atomic mass is 35.5. The van der Waals surface area contributed by atoms with Gasteiger partial charge in [0.2, 0.25) is 17.8 Å². The van der Waals surface area contributed by atoms with Gasteiger partial charge in [0.15, 0.2) is 0 Å². The zero-order chi connectivity index (χ0) is 17.7. The third-order valence-corrected chi connectivity index (χ3v) is 4.24. The van der Waals surface area contributed by atoms with Gasteiger partial charge in [0, 0.05) is 13.1 Å². The van der Waals surface area contributed by atoms with Crippen molar-refractivity contribution in [3.63, 3.8) is 0 Å². The first-order chi connectivity index (χ1) is 11.3. The van der Waals surface area contributed by atoms with Crippen LogP contribution in [0.15, 0.2) is 6.33 Å². The predicted octanol–water partition coefficient (Wildman–Crippen LogP) is 1.41. The first-order valence-electron chi connectivity index (χ1n) is 8.51. The second-order valence-electron chi connectivity index (χ2n) is 7.39. The van der Waals surface area contributed by atoms with Gasteiger partial charge in [0.05, 0.1) is 6.04 Å². The summed E-state index contributed by atoms with van der Waals surface area (Å²) >= 11 is 0. The van der Waals surface area contributed by atoms with Crippen LogP contribution in [-0.4, -0.2) is 50.6 Å². The Morgan fingerprint density at radius 2 is 1.84 bits per heavy atom. The molecule has 1 fully saturated rings. The lowest BCUT2D eigenvalue weighted by Crippen LogP contribution is -2.45. The molecule has 0 unspecified atom stereocenters. The van der Waals surface area contributed by atoms with Gasteiger partial charge in [-0.05, 0) is 18.3 Å². The quantitative estimate of drug-likeness (QED) is 0.831. The van der Waals surface area contributed by atoms with Gasteiger partial charge in [-0.2, -0.15) is 0 Å². The zero-order valence-corrected chi connectivity index (χ0v) is 16.0. The van der Waals surface area contributed by atoms with Crippen molar-refractivity contribution < 1.29 is 9.59 Å². The smallest absolute Gasteiger partial charge is 0.248 e. The van der Waals surface area contributed by atoms with E-state index in [1.807, 2.05) is 25.7 Å². The van der Waals surface area contributed by atoms with Gasteiger partial charge < -0.3 is 10.6 Å². The zero-order valence-electron chi connectivity index (χ0n) is 15.2. The molecule has 1 aromatic rings. The molecule has 0 aromatic carbocycles. The number of hydrogen-bond donors (Lipinski definition) is 2. The van der Waals surface area contributed by atoms with Crippen LogP contribution < -0.4 is 11.1 Å². The first-order valence-corrected chi connectivity index (χ1v) is 8.51. The lowest BCUT2D eigenvalue weighted by molar-refractivity contribution is -0.132. The molecule has 9 heteroatoms. The third-order valence-electron chi connectivity index (χ3n) is 4.24. The minimum Gasteiger partial charge on any atom is -0.341 e. The fourth-order valence-electron chi connectivity index (χ4n) is 2.57. The highest BCUT2D eigenvalue weighted by Crippen LogP contribution is 2.18. The number of halogens is 1. The molecule has 2 amide bonds. The normalized spacial score (nSPS) is 16.6. The summed E-state index contributed by atoms with van der Waals surface area (Å²) in [6.07, 6.45) is 5.91. The van der Waals surface area contributed by atoms with Crippen LogP contribution in [0.4, 0.5) is 5.95 Å². The standard InChI is InChI=1S/C16H28N6O2.ClH/c1-16(2,3)13(17)14(24)19-15-18-11-22(20-15)10-12(23)21-8-6-4-5-7-9-21;/h11,13H,4-10,17H2,1-3H3,(H,19,20,24);1H/t13-;/m1./s1. The molecule has 3 N–H and O–H groups in total. The number of nitrogens with zero attached hydrogens (tertiary/aromatic N) is 4. The van der Waals surface area contributed by atoms with E-state index in [9.17, 15) is 9.59 Å². The van der Waals surface area contributed by atoms with Gasteiger partial charge in [-0.3, -0.25) is 14.9 Å². The Hall–Kier alpha value is -1.67. The van der Waals surface area contributed by atoms with Crippen molar-refractivity contribution >= 4 is 30.2 Å². The summed E-state index contributed by atoms with van der Waals surface area (Å²) in [6.45, 7) is 7.42. The summed E-state index contributed by atoms with van der Waals surface area (Å²) in [5.41, 5.74) is 5.55. The van der Waals surface area contributed by atoms with E-state index < -0.39 is 6.04 Å². The molecule has 0 spiro atoms. The summed E-state index contributed by atoms with van der Waals surface area (Å²) in [5.74, 6) is -0.131. The molecule has 2 heterocycles. The van der Waals surface area contributed by atoms with Gasteiger partial charge in [-0.1, -0.05) is 33.6 Å². The highest BCUT2D eigenvalue weighted by molar-refractivity contribution is 5.93. The molecule has 1 saturated heterocycles. The number of nitrogens with two attached hydrogens (primary N) is 1. The summed E-state index contributed by atoms with van der Waals surface area (Å²) in [5, 5.41) is 6.74. The predicted molar refractivity (Wildman–Crippen MR) is 98.4 cm³/mol. The topological polar surface area (TPSA) is 106 Å². The van der Waals surface area contributed by atoms with Crippen molar-refractivity contribution in [2.24, 2.45) is 11.1 Å². The van der Waals surface area contributed by atoms with Crippen molar-refractivity contribution in [2.45, 2.75) is 59.0 Å². The Balaban J connectivity index is 0.00000312. The second-order valence-corrected chi connectivity index (χ2v) is 7.39. The van der Waals surface area contributed by atoms with Gasteiger partial charge >= 0.3 is 0 Å². The Bertz CT molecular complexity index is 575. The van der Waals surface area contributed by atoms with E-state index in [2.05, 4.69) is 15.4 Å². The highest BCUT2D eigenvalue weighted by Gasteiger charge is 2.28. The number of carbonyl (C=O) groups is 2. The Morgan fingerprint density at radius 3 is 2.40 bits per heavy atom. The maximum atomic E-state index is 12.3. The maximum absolute atomic E-state index is 12.3. The summed E-state index contributed by atoms with van der Waals surface area (Å²) in [4.78, 5) is 30.3. The van der Waals surface area contributed by atoms with E-state index >= 15 is 0 Å². The average molecular weight is 373 g/mol. The van der Waals surface area contributed by atoms with Crippen molar-refractivity contribution in [1.82, 2.24) is 19.7 Å². The number of rotatable bonds is 4. The summed E-state index contributed by atoms with van der Waals surface area (Å²) in [7, 11) is 0. The van der Waals surface area contributed by atoms with Gasteiger partial charge in [-0.15, -0.1) is 17.5 Å². The van der Waals surface area contributed by atoms with E-state index in [4.69, 9.17) is 5.73 Å². The van der Waals surface area contributed by atoms with Crippen LogP contribution in [0.2, 0.25) is 0 Å². The monoisotopic (exact) mass is 372 g/mol. The number of amides is 2. The molecule has 1 atom stereocenters. The Morgan fingerprint density at radius 1 is 1.24 bits per heavy atom. The van der Waals surface area contributed by atoms with Crippen molar-refractivity contribution in [3.05, 3.63) is 6.33 Å². The summed E-state index contributed by atoms with van der Waals surface area (Å²) in [6, 6.07) is -0.664. The van der Waals surface area contributed by atoms with Crippen LogP contribution >= 0.6 is 12.4 Å². The number of hydrogen-bond acceptors (Lipinski definition) is 5. The van der Waals surface area contributed by atoms with Crippen LogP contribution in [0.5, 0.6) is 0 Å². The van der Waals surface area contributed by atoms with Gasteiger partial charge in [0.1, 0.15) is 12.9 Å². The van der Waals surface area contributed by atoms with Crippen molar-refractivity contribution in [1.29, 1.82) is 0 Å². The molecule has 25 heavy (non-hydrogen) atoms. The van der Waals surface area contributed by atoms with Crippen LogP contribution in [0.1, 0.15) is 46.5 Å². The molecule has 0 saturated carbocycles. The molecule has 1 aromatic heterocycles. The lowest BCUT2D eigenvalue weighted by atomic mass is 9.87. The van der Waals surface area contributed by atoms with E-state index in [0.29, 0.717) is 0 Å². The number of anilines is 1. The number of nitrogens with one attached hydrogen (secondary N) is 1. The largest absolute Gasteiger partial charge is 0.341 e. The number of carbonyl (C=O) groups excluding carboxylic acids is 2. The van der Waals surface area contributed by atoms with Crippen LogP contribution in [-0.2, 0) is 16.1 Å². The third kappa shape index (κ3) is 6.28. The molecule has 1 aliphatic heterocycles. The van der Waals surface area contributed by atoms with Crippen LogP contribution in [0, 0.1) is 5.41 Å². The van der Waals surface area contributed by atoms with Crippen molar-refractivity contribution in [3.8, 4) is 0 Å². The molecule has 0 radical (unpaired) electrons. The average Bonchev–Trinajstić information content (AvgIpc) is 2.76. The fraction of sp³-hybridized carbons (Fsp3) is 0.750. The maximum Gasteiger partial charge on any atom is 0.248 e.